The summed E-state index contributed by atoms with van der Waals surface area (Å²) in [4.78, 5) is 54.1. The van der Waals surface area contributed by atoms with Gasteiger partial charge in [0, 0.05) is 54.5 Å². The minimum Gasteiger partial charge on any atom is -0.446 e. The number of para-hydroxylation sites is 2. The van der Waals surface area contributed by atoms with Gasteiger partial charge in [0.15, 0.2) is 0 Å². The van der Waals surface area contributed by atoms with Crippen LogP contribution in [0.5, 0.6) is 0 Å². The summed E-state index contributed by atoms with van der Waals surface area (Å²) in [7, 11) is 0. The van der Waals surface area contributed by atoms with Gasteiger partial charge in [0.2, 0.25) is 17.6 Å². The van der Waals surface area contributed by atoms with Crippen molar-refractivity contribution < 1.29 is 41.5 Å². The zero-order valence-corrected chi connectivity index (χ0v) is 22.4. The number of nitrogens with zero attached hydrogens (tertiary/aromatic N) is 3. The Morgan fingerprint density at radius 2 is 1.93 bits per heavy atom. The number of halogens is 5. The van der Waals surface area contributed by atoms with Crippen molar-refractivity contribution in [1.29, 1.82) is 0 Å². The van der Waals surface area contributed by atoms with Crippen LogP contribution in [0.25, 0.3) is 11.0 Å². The Hall–Kier alpha value is -4.20. The van der Waals surface area contributed by atoms with Crippen LogP contribution in [0.2, 0.25) is 5.02 Å². The van der Waals surface area contributed by atoms with Crippen LogP contribution < -0.4 is 10.6 Å². The zero-order chi connectivity index (χ0) is 29.9. The molecule has 10 nitrogen and oxygen atoms in total. The van der Waals surface area contributed by atoms with E-state index in [1.807, 2.05) is 0 Å². The second-order valence-corrected chi connectivity index (χ2v) is 10.8. The van der Waals surface area contributed by atoms with Crippen LogP contribution >= 0.6 is 11.6 Å². The Bertz CT molecular complexity index is 1650. The first-order valence-corrected chi connectivity index (χ1v) is 13.4. The summed E-state index contributed by atoms with van der Waals surface area (Å²) in [6, 6.07) is 5.98. The molecular formula is C27H22ClF4N5O5. The molecule has 2 fully saturated rings. The van der Waals surface area contributed by atoms with Gasteiger partial charge in [-0.25, -0.2) is 14.2 Å². The molecule has 3 aliphatic rings. The Labute approximate surface area is 239 Å². The maximum Gasteiger partial charge on any atom is 0.449 e. The largest absolute Gasteiger partial charge is 0.449 e. The third-order valence-corrected chi connectivity index (χ3v) is 8.10. The number of amides is 4. The zero-order valence-electron chi connectivity index (χ0n) is 21.6. The van der Waals surface area contributed by atoms with Crippen molar-refractivity contribution in [3.8, 4) is 0 Å². The molecule has 1 saturated heterocycles. The standard InChI is InChI=1S/C27H22ClF4N5O5/c28-16-7-12(22(29)21-15(16)11-36(24(21)40)19-5-6-20(38)35-23(19)39)10-33-26(41)42-14-8-13(9-14)37-18-4-2-1-3-17(18)34-25(37)27(30,31)32/h1-4,7,13-14,19H,5-6,8-11H2,(H,33,41)(H,35,38,39)/t13?,14?,19-/m1/s1. The Balaban J connectivity index is 1.09. The van der Waals surface area contributed by atoms with E-state index in [1.54, 1.807) is 18.2 Å². The van der Waals surface area contributed by atoms with E-state index in [2.05, 4.69) is 15.6 Å². The second-order valence-electron chi connectivity index (χ2n) is 10.4. The predicted octanol–water partition coefficient (Wildman–Crippen LogP) is 4.24. The topological polar surface area (TPSA) is 123 Å². The van der Waals surface area contributed by atoms with Gasteiger partial charge in [-0.3, -0.25) is 19.7 Å². The molecule has 1 aliphatic carbocycles. The van der Waals surface area contributed by atoms with Gasteiger partial charge < -0.3 is 19.5 Å². The Kier molecular flexibility index (Phi) is 6.83. The number of alkyl carbamates (subject to hydrolysis) is 1. The normalized spacial score (nSPS) is 22.2. The summed E-state index contributed by atoms with van der Waals surface area (Å²) in [6.07, 6.45) is -5.87. The van der Waals surface area contributed by atoms with Gasteiger partial charge in [-0.2, -0.15) is 13.2 Å². The molecule has 2 N–H and O–H groups in total. The fourth-order valence-electron chi connectivity index (χ4n) is 5.66. The average molecular weight is 608 g/mol. The SMILES string of the molecule is O=C1CC[C@@H](N2Cc3c(Cl)cc(CNC(=O)OC4CC(n5c(C(F)(F)F)nc6ccccc65)C4)c(F)c3C2=O)C(=O)N1. The third kappa shape index (κ3) is 4.82. The molecule has 0 unspecified atom stereocenters. The molecule has 15 heteroatoms. The van der Waals surface area contributed by atoms with Gasteiger partial charge in [-0.1, -0.05) is 23.7 Å². The summed E-state index contributed by atoms with van der Waals surface area (Å²) in [5.41, 5.74) is 0.321. The van der Waals surface area contributed by atoms with Gasteiger partial charge in [0.1, 0.15) is 18.0 Å². The minimum absolute atomic E-state index is 0.0359. The number of hydrogen-bond donors (Lipinski definition) is 2. The minimum atomic E-state index is -4.66. The van der Waals surface area contributed by atoms with Crippen LogP contribution in [0.3, 0.4) is 0 Å². The maximum atomic E-state index is 15.4. The molecule has 1 atom stereocenters. The van der Waals surface area contributed by atoms with Crippen molar-refractivity contribution >= 4 is 46.4 Å². The van der Waals surface area contributed by atoms with Crippen LogP contribution in [-0.4, -0.2) is 50.4 Å². The number of imidazole rings is 1. The lowest BCUT2D eigenvalue weighted by Crippen LogP contribution is -2.52. The first kappa shape index (κ1) is 27.9. The van der Waals surface area contributed by atoms with Crippen molar-refractivity contribution in [2.24, 2.45) is 0 Å². The predicted molar refractivity (Wildman–Crippen MR) is 138 cm³/mol. The Morgan fingerprint density at radius 3 is 2.64 bits per heavy atom. The number of hydrogen-bond acceptors (Lipinski definition) is 6. The molecule has 1 aromatic heterocycles. The average Bonchev–Trinajstić information content (AvgIpc) is 3.46. The number of fused-ring (bicyclic) bond motifs is 2. The first-order chi connectivity index (χ1) is 19.9. The van der Waals surface area contributed by atoms with E-state index in [-0.39, 0.29) is 66.0 Å². The smallest absolute Gasteiger partial charge is 0.446 e. The van der Waals surface area contributed by atoms with Gasteiger partial charge in [-0.05, 0) is 24.6 Å². The molecule has 2 aliphatic heterocycles. The van der Waals surface area contributed by atoms with E-state index in [1.165, 1.54) is 12.1 Å². The van der Waals surface area contributed by atoms with Crippen LogP contribution in [0.1, 0.15) is 59.0 Å². The summed E-state index contributed by atoms with van der Waals surface area (Å²) < 4.78 is 62.7. The second kappa shape index (κ2) is 10.3. The van der Waals surface area contributed by atoms with Crippen LogP contribution in [0, 0.1) is 5.82 Å². The van der Waals surface area contributed by atoms with E-state index < -0.39 is 59.8 Å². The molecule has 0 spiro atoms. The van der Waals surface area contributed by atoms with E-state index >= 15 is 4.39 Å². The van der Waals surface area contributed by atoms with E-state index in [4.69, 9.17) is 16.3 Å². The molecule has 4 amide bonds. The molecule has 0 bridgehead atoms. The van der Waals surface area contributed by atoms with Crippen LogP contribution in [-0.2, 0) is 33.6 Å². The van der Waals surface area contributed by atoms with Gasteiger partial charge in [-0.15, -0.1) is 0 Å². The fraction of sp³-hybridized carbons (Fsp3) is 0.370. The van der Waals surface area contributed by atoms with Crippen molar-refractivity contribution in [3.63, 3.8) is 0 Å². The lowest BCUT2D eigenvalue weighted by atomic mass is 9.88. The molecule has 6 rings (SSSR count). The van der Waals surface area contributed by atoms with Gasteiger partial charge in [0.25, 0.3) is 5.91 Å². The van der Waals surface area contributed by atoms with Crippen LogP contribution in [0.4, 0.5) is 22.4 Å². The molecule has 1 saturated carbocycles. The number of aromatic nitrogens is 2. The summed E-state index contributed by atoms with van der Waals surface area (Å²) in [5.74, 6) is -3.79. The number of benzene rings is 2. The lowest BCUT2D eigenvalue weighted by Gasteiger charge is -2.36. The van der Waals surface area contributed by atoms with E-state index in [0.717, 1.165) is 9.47 Å². The molecule has 0 radical (unpaired) electrons. The Morgan fingerprint density at radius 1 is 1.19 bits per heavy atom. The van der Waals surface area contributed by atoms with Crippen molar-refractivity contribution in [1.82, 2.24) is 25.1 Å². The van der Waals surface area contributed by atoms with Crippen molar-refractivity contribution in [2.75, 3.05) is 0 Å². The number of carbonyl (C=O) groups is 4. The molecule has 42 heavy (non-hydrogen) atoms. The molecule has 3 aromatic rings. The summed E-state index contributed by atoms with van der Waals surface area (Å²) in [5, 5.41) is 4.62. The highest BCUT2D eigenvalue weighted by atomic mass is 35.5. The number of rotatable bonds is 5. The first-order valence-electron chi connectivity index (χ1n) is 13.1. The van der Waals surface area contributed by atoms with Crippen molar-refractivity contribution in [2.45, 2.75) is 63.1 Å². The molecule has 3 heterocycles. The number of ether oxygens (including phenoxy) is 1. The summed E-state index contributed by atoms with van der Waals surface area (Å²) in [6.45, 7) is -0.499. The van der Waals surface area contributed by atoms with Gasteiger partial charge in [0.05, 0.1) is 16.6 Å². The number of imide groups is 1. The number of nitrogens with one attached hydrogen (secondary N) is 2. The molecule has 2 aromatic carbocycles. The third-order valence-electron chi connectivity index (χ3n) is 7.76. The monoisotopic (exact) mass is 607 g/mol. The van der Waals surface area contributed by atoms with Crippen LogP contribution in [0.15, 0.2) is 30.3 Å². The summed E-state index contributed by atoms with van der Waals surface area (Å²) >= 11 is 6.33. The highest BCUT2D eigenvalue weighted by molar-refractivity contribution is 6.32. The van der Waals surface area contributed by atoms with E-state index in [0.29, 0.717) is 5.52 Å². The molecule has 220 valence electrons. The highest BCUT2D eigenvalue weighted by Crippen LogP contribution is 2.42. The maximum absolute atomic E-state index is 15.4. The van der Waals surface area contributed by atoms with Gasteiger partial charge >= 0.3 is 12.3 Å². The number of piperidine rings is 1. The number of alkyl halides is 3. The van der Waals surface area contributed by atoms with E-state index in [9.17, 15) is 32.3 Å². The van der Waals surface area contributed by atoms with Crippen molar-refractivity contribution in [3.05, 3.63) is 63.7 Å². The quantitative estimate of drug-likeness (QED) is 0.331. The number of carbonyl (C=O) groups excluding carboxylic acids is 4. The highest BCUT2D eigenvalue weighted by Gasteiger charge is 2.44. The molecular weight excluding hydrogens is 586 g/mol. The lowest BCUT2D eigenvalue weighted by molar-refractivity contribution is -0.149. The fourth-order valence-corrected chi connectivity index (χ4v) is 5.94.